The molecule has 2 amide bonds. The number of aliphatic hydroxyl groups excluding tert-OH is 1. The summed E-state index contributed by atoms with van der Waals surface area (Å²) in [5.41, 5.74) is 0. The van der Waals surface area contributed by atoms with E-state index in [1.54, 1.807) is 0 Å². The van der Waals surface area contributed by atoms with Crippen LogP contribution >= 0.6 is 11.3 Å². The number of hydrogen-bond donors (Lipinski definition) is 4. The van der Waals surface area contributed by atoms with E-state index in [-0.39, 0.29) is 10.8 Å². The van der Waals surface area contributed by atoms with Gasteiger partial charge in [0.2, 0.25) is 5.91 Å². The average Bonchev–Trinajstić information content (AvgIpc) is 2.72. The van der Waals surface area contributed by atoms with Crippen molar-refractivity contribution in [2.24, 2.45) is 0 Å². The second-order valence-electron chi connectivity index (χ2n) is 3.39. The van der Waals surface area contributed by atoms with E-state index >= 15 is 0 Å². The molecule has 0 saturated carbocycles. The fourth-order valence-electron chi connectivity index (χ4n) is 1.12. The number of carboxylic acid groups (broad SMARTS) is 1. The van der Waals surface area contributed by atoms with Crippen molar-refractivity contribution in [1.29, 1.82) is 0 Å². The molecule has 18 heavy (non-hydrogen) atoms. The summed E-state index contributed by atoms with van der Waals surface area (Å²) in [6.07, 6.45) is 0. The molecular formula is C10H12N2O5S. The molecule has 0 aliphatic heterocycles. The van der Waals surface area contributed by atoms with Crippen LogP contribution < -0.4 is 10.6 Å². The molecule has 8 heteroatoms. The monoisotopic (exact) mass is 272 g/mol. The Bertz CT molecular complexity index is 471. The molecule has 1 aromatic heterocycles. The molecule has 1 aromatic rings. The van der Waals surface area contributed by atoms with E-state index in [0.717, 1.165) is 11.3 Å². The van der Waals surface area contributed by atoms with Crippen molar-refractivity contribution in [3.05, 3.63) is 17.0 Å². The number of hydrogen-bond acceptors (Lipinski definition) is 5. The Hall–Kier alpha value is -1.93. The van der Waals surface area contributed by atoms with Gasteiger partial charge in [0, 0.05) is 6.92 Å². The van der Waals surface area contributed by atoms with Crippen LogP contribution in [0.2, 0.25) is 0 Å². The van der Waals surface area contributed by atoms with Gasteiger partial charge in [0.15, 0.2) is 6.04 Å². The zero-order valence-corrected chi connectivity index (χ0v) is 10.3. The minimum Gasteiger partial charge on any atom is -0.480 e. The highest BCUT2D eigenvalue weighted by Crippen LogP contribution is 2.21. The second kappa shape index (κ2) is 6.12. The van der Waals surface area contributed by atoms with Crippen molar-refractivity contribution < 1.29 is 24.6 Å². The lowest BCUT2D eigenvalue weighted by molar-refractivity contribution is -0.140. The van der Waals surface area contributed by atoms with E-state index in [2.05, 4.69) is 10.6 Å². The van der Waals surface area contributed by atoms with Crippen molar-refractivity contribution in [2.45, 2.75) is 13.0 Å². The zero-order valence-electron chi connectivity index (χ0n) is 9.47. The Morgan fingerprint density at radius 2 is 2.06 bits per heavy atom. The van der Waals surface area contributed by atoms with Gasteiger partial charge in [0.25, 0.3) is 5.91 Å². The smallest absolute Gasteiger partial charge is 0.328 e. The molecule has 1 atom stereocenters. The van der Waals surface area contributed by atoms with E-state index in [4.69, 9.17) is 10.2 Å². The lowest BCUT2D eigenvalue weighted by Gasteiger charge is -2.10. The maximum atomic E-state index is 11.6. The second-order valence-corrected chi connectivity index (χ2v) is 4.48. The fourth-order valence-corrected chi connectivity index (χ4v) is 1.97. The summed E-state index contributed by atoms with van der Waals surface area (Å²) in [7, 11) is 0. The first-order chi connectivity index (χ1) is 8.43. The standard InChI is InChI=1S/C10H12N2O5S/c1-5(14)11-8-3-2-7(18-8)9(15)12-6(4-13)10(16)17/h2-3,6,13H,4H2,1H3,(H,11,14)(H,12,15)(H,16,17)/t6-/m1/s1. The predicted octanol–water partition coefficient (Wildman–Crippen LogP) is -0.118. The normalized spacial score (nSPS) is 11.7. The van der Waals surface area contributed by atoms with E-state index in [9.17, 15) is 14.4 Å². The number of carbonyl (C=O) groups excluding carboxylic acids is 2. The van der Waals surface area contributed by atoms with Crippen molar-refractivity contribution in [3.63, 3.8) is 0 Å². The van der Waals surface area contributed by atoms with Crippen LogP contribution in [0.4, 0.5) is 5.00 Å². The van der Waals surface area contributed by atoms with E-state index in [1.807, 2.05) is 0 Å². The summed E-state index contributed by atoms with van der Waals surface area (Å²) in [5.74, 6) is -2.19. The number of amides is 2. The van der Waals surface area contributed by atoms with Crippen LogP contribution in [0.25, 0.3) is 0 Å². The zero-order chi connectivity index (χ0) is 13.7. The first kappa shape index (κ1) is 14.1. The van der Waals surface area contributed by atoms with Gasteiger partial charge in [-0.1, -0.05) is 0 Å². The fraction of sp³-hybridized carbons (Fsp3) is 0.300. The molecule has 0 aromatic carbocycles. The summed E-state index contributed by atoms with van der Waals surface area (Å²) in [6, 6.07) is 1.65. The largest absolute Gasteiger partial charge is 0.480 e. The van der Waals surface area contributed by atoms with Crippen LogP contribution in [0.5, 0.6) is 0 Å². The molecule has 0 aliphatic rings. The van der Waals surface area contributed by atoms with E-state index in [0.29, 0.717) is 5.00 Å². The van der Waals surface area contributed by atoms with Crippen LogP contribution in [0, 0.1) is 0 Å². The molecule has 7 nitrogen and oxygen atoms in total. The number of carbonyl (C=O) groups is 3. The topological polar surface area (TPSA) is 116 Å². The molecule has 98 valence electrons. The van der Waals surface area contributed by atoms with Gasteiger partial charge >= 0.3 is 5.97 Å². The first-order valence-corrected chi connectivity index (χ1v) is 5.77. The van der Waals surface area contributed by atoms with Gasteiger partial charge in [-0.25, -0.2) is 4.79 Å². The van der Waals surface area contributed by atoms with Crippen LogP contribution in [-0.2, 0) is 9.59 Å². The third-order valence-electron chi connectivity index (χ3n) is 1.92. The molecule has 1 heterocycles. The van der Waals surface area contributed by atoms with Crippen LogP contribution in [0.1, 0.15) is 16.6 Å². The van der Waals surface area contributed by atoms with Gasteiger partial charge in [-0.3, -0.25) is 9.59 Å². The Kier molecular flexibility index (Phi) is 4.81. The third kappa shape index (κ3) is 3.82. The van der Waals surface area contributed by atoms with Crippen LogP contribution in [0.15, 0.2) is 12.1 Å². The lowest BCUT2D eigenvalue weighted by atomic mass is 10.3. The highest BCUT2D eigenvalue weighted by atomic mass is 32.1. The highest BCUT2D eigenvalue weighted by Gasteiger charge is 2.20. The highest BCUT2D eigenvalue weighted by molar-refractivity contribution is 7.18. The van der Waals surface area contributed by atoms with Crippen molar-refractivity contribution >= 4 is 34.1 Å². The molecule has 0 unspecified atom stereocenters. The third-order valence-corrected chi connectivity index (χ3v) is 2.91. The number of nitrogens with one attached hydrogen (secondary N) is 2. The molecule has 4 N–H and O–H groups in total. The van der Waals surface area contributed by atoms with Crippen LogP contribution in [0.3, 0.4) is 0 Å². The average molecular weight is 272 g/mol. The molecule has 0 bridgehead atoms. The molecule has 0 saturated heterocycles. The first-order valence-electron chi connectivity index (χ1n) is 4.96. The molecule has 0 aliphatic carbocycles. The molecule has 0 fully saturated rings. The number of aliphatic hydroxyl groups is 1. The van der Waals surface area contributed by atoms with E-state index in [1.165, 1.54) is 19.1 Å². The van der Waals surface area contributed by atoms with Crippen molar-refractivity contribution in [3.8, 4) is 0 Å². The Balaban J connectivity index is 2.69. The number of thiophene rings is 1. The number of rotatable bonds is 5. The van der Waals surface area contributed by atoms with Gasteiger partial charge in [-0.05, 0) is 12.1 Å². The number of anilines is 1. The summed E-state index contributed by atoms with van der Waals surface area (Å²) in [5, 5.41) is 22.6. The van der Waals surface area contributed by atoms with Crippen molar-refractivity contribution in [2.75, 3.05) is 11.9 Å². The van der Waals surface area contributed by atoms with E-state index < -0.39 is 24.5 Å². The summed E-state index contributed by atoms with van der Waals surface area (Å²) < 4.78 is 0. The number of aliphatic carboxylic acids is 1. The Morgan fingerprint density at radius 3 is 2.56 bits per heavy atom. The molecule has 0 spiro atoms. The molecular weight excluding hydrogens is 260 g/mol. The minimum atomic E-state index is -1.34. The summed E-state index contributed by atoms with van der Waals surface area (Å²) in [6.45, 7) is 0.649. The Labute approximate surface area is 106 Å². The molecule has 1 rings (SSSR count). The SMILES string of the molecule is CC(=O)Nc1ccc(C(=O)N[C@H](CO)C(=O)O)s1. The van der Waals surface area contributed by atoms with Gasteiger partial charge in [-0.15, -0.1) is 11.3 Å². The van der Waals surface area contributed by atoms with Gasteiger partial charge in [0.1, 0.15) is 0 Å². The maximum Gasteiger partial charge on any atom is 0.328 e. The predicted molar refractivity (Wildman–Crippen MR) is 64.6 cm³/mol. The minimum absolute atomic E-state index is 0.249. The quantitative estimate of drug-likeness (QED) is 0.596. The molecule has 0 radical (unpaired) electrons. The lowest BCUT2D eigenvalue weighted by Crippen LogP contribution is -2.43. The van der Waals surface area contributed by atoms with Gasteiger partial charge in [0.05, 0.1) is 16.5 Å². The van der Waals surface area contributed by atoms with Gasteiger partial charge in [-0.2, -0.15) is 0 Å². The summed E-state index contributed by atoms with van der Waals surface area (Å²) >= 11 is 1.01. The summed E-state index contributed by atoms with van der Waals surface area (Å²) in [4.78, 5) is 33.3. The van der Waals surface area contributed by atoms with Crippen molar-refractivity contribution in [1.82, 2.24) is 5.32 Å². The Morgan fingerprint density at radius 1 is 1.39 bits per heavy atom. The maximum absolute atomic E-state index is 11.6. The van der Waals surface area contributed by atoms with Gasteiger partial charge < -0.3 is 20.8 Å². The number of carboxylic acids is 1. The van der Waals surface area contributed by atoms with Crippen LogP contribution in [-0.4, -0.2) is 40.6 Å².